The van der Waals surface area contributed by atoms with Crippen LogP contribution >= 0.6 is 15.9 Å². The first kappa shape index (κ1) is 18.3. The molecule has 0 saturated carbocycles. The highest BCUT2D eigenvalue weighted by Gasteiger charge is 2.12. The Morgan fingerprint density at radius 3 is 2.38 bits per heavy atom. The molecule has 2 aromatic carbocycles. The summed E-state index contributed by atoms with van der Waals surface area (Å²) in [5.74, 6) is 1.06. The van der Waals surface area contributed by atoms with Gasteiger partial charge in [0.1, 0.15) is 0 Å². The molecule has 0 bridgehead atoms. The van der Waals surface area contributed by atoms with Crippen LogP contribution < -0.4 is 14.3 Å². The number of methoxy groups -OCH3 is 2. The molecule has 1 N–H and O–H groups in total. The van der Waals surface area contributed by atoms with E-state index in [0.29, 0.717) is 21.5 Å². The monoisotopic (exact) mass is 412 g/mol. The zero-order valence-electron chi connectivity index (χ0n) is 13.4. The van der Waals surface area contributed by atoms with Crippen LogP contribution in [0.25, 0.3) is 0 Å². The number of sulfonamides is 1. The minimum absolute atomic E-state index is 0.152. The van der Waals surface area contributed by atoms with Crippen molar-refractivity contribution in [2.45, 2.75) is 11.8 Å². The van der Waals surface area contributed by atoms with Gasteiger partial charge in [0.25, 0.3) is 10.0 Å². The van der Waals surface area contributed by atoms with E-state index >= 15 is 0 Å². The number of halogens is 1. The van der Waals surface area contributed by atoms with Gasteiger partial charge in [0, 0.05) is 0 Å². The van der Waals surface area contributed by atoms with E-state index in [1.54, 1.807) is 24.3 Å². The maximum atomic E-state index is 12.1. The molecule has 8 heteroatoms. The second-order valence-corrected chi connectivity index (χ2v) is 7.42. The molecule has 0 aliphatic heterocycles. The molecule has 0 heterocycles. The molecule has 0 fully saturated rings. The van der Waals surface area contributed by atoms with Crippen LogP contribution in [0, 0.1) is 6.92 Å². The van der Waals surface area contributed by atoms with Crippen LogP contribution in [-0.2, 0) is 10.0 Å². The lowest BCUT2D eigenvalue weighted by Crippen LogP contribution is -2.18. The Balaban J connectivity index is 2.19. The number of hydrogen-bond donors (Lipinski definition) is 1. The Labute approximate surface area is 149 Å². The molecule has 0 radical (unpaired) electrons. The topological polar surface area (TPSA) is 77.0 Å². The SMILES string of the molecule is COc1cc(/C=N\NS(=O)(=O)c2ccc(C)cc2)cc(Br)c1OC. The number of aryl methyl sites for hydroxylation is 1. The molecule has 128 valence electrons. The van der Waals surface area contributed by atoms with Crippen molar-refractivity contribution in [1.29, 1.82) is 0 Å². The molecule has 0 aromatic heterocycles. The highest BCUT2D eigenvalue weighted by atomic mass is 79.9. The molecular formula is C16H17BrN2O4S. The van der Waals surface area contributed by atoms with Crippen LogP contribution in [0.15, 0.2) is 50.9 Å². The fraction of sp³-hybridized carbons (Fsp3) is 0.188. The molecule has 6 nitrogen and oxygen atoms in total. The third-order valence-corrected chi connectivity index (χ3v) is 5.00. The highest BCUT2D eigenvalue weighted by Crippen LogP contribution is 2.35. The summed E-state index contributed by atoms with van der Waals surface area (Å²) in [6.07, 6.45) is 1.39. The van der Waals surface area contributed by atoms with Crippen molar-refractivity contribution in [3.8, 4) is 11.5 Å². The summed E-state index contributed by atoms with van der Waals surface area (Å²) in [5.41, 5.74) is 1.62. The third-order valence-electron chi connectivity index (χ3n) is 3.17. The maximum absolute atomic E-state index is 12.1. The average Bonchev–Trinajstić information content (AvgIpc) is 2.54. The van der Waals surface area contributed by atoms with Crippen LogP contribution in [0.4, 0.5) is 0 Å². The Hall–Kier alpha value is -2.06. The Morgan fingerprint density at radius 2 is 1.79 bits per heavy atom. The van der Waals surface area contributed by atoms with Gasteiger partial charge in [-0.05, 0) is 52.7 Å². The van der Waals surface area contributed by atoms with E-state index in [1.807, 2.05) is 6.92 Å². The highest BCUT2D eigenvalue weighted by molar-refractivity contribution is 9.10. The maximum Gasteiger partial charge on any atom is 0.276 e. The predicted molar refractivity (Wildman–Crippen MR) is 96.3 cm³/mol. The van der Waals surface area contributed by atoms with E-state index < -0.39 is 10.0 Å². The van der Waals surface area contributed by atoms with E-state index in [0.717, 1.165) is 5.56 Å². The van der Waals surface area contributed by atoms with Gasteiger partial charge in [-0.25, -0.2) is 4.83 Å². The van der Waals surface area contributed by atoms with Gasteiger partial charge in [-0.1, -0.05) is 17.7 Å². The van der Waals surface area contributed by atoms with Gasteiger partial charge in [-0.3, -0.25) is 0 Å². The number of rotatable bonds is 6. The van der Waals surface area contributed by atoms with Gasteiger partial charge in [0.15, 0.2) is 11.5 Å². The standard InChI is InChI=1S/C16H17BrN2O4S/c1-11-4-6-13(7-5-11)24(20,21)19-18-10-12-8-14(17)16(23-3)15(9-12)22-2/h4-10,19H,1-3H3/b18-10-. The number of benzene rings is 2. The normalized spacial score (nSPS) is 11.5. The van der Waals surface area contributed by atoms with E-state index in [-0.39, 0.29) is 4.90 Å². The number of nitrogens with zero attached hydrogens (tertiary/aromatic N) is 1. The fourth-order valence-electron chi connectivity index (χ4n) is 1.95. The van der Waals surface area contributed by atoms with Gasteiger partial charge in [-0.2, -0.15) is 13.5 Å². The lowest BCUT2D eigenvalue weighted by molar-refractivity contribution is 0.353. The van der Waals surface area contributed by atoms with Crippen molar-refractivity contribution >= 4 is 32.2 Å². The minimum Gasteiger partial charge on any atom is -0.493 e. The van der Waals surface area contributed by atoms with Crippen molar-refractivity contribution in [3.05, 3.63) is 52.0 Å². The van der Waals surface area contributed by atoms with E-state index in [2.05, 4.69) is 25.9 Å². The lowest BCUT2D eigenvalue weighted by Gasteiger charge is -2.10. The second kappa shape index (κ2) is 7.67. The van der Waals surface area contributed by atoms with Crippen LogP contribution in [0.5, 0.6) is 11.5 Å². The number of hydrazone groups is 1. The first-order valence-corrected chi connectivity index (χ1v) is 9.18. The summed E-state index contributed by atoms with van der Waals surface area (Å²) in [7, 11) is -0.648. The van der Waals surface area contributed by atoms with Gasteiger partial charge < -0.3 is 9.47 Å². The summed E-state index contributed by atoms with van der Waals surface area (Å²) in [6.45, 7) is 1.89. The van der Waals surface area contributed by atoms with E-state index in [9.17, 15) is 8.42 Å². The van der Waals surface area contributed by atoms with Crippen LogP contribution in [0.3, 0.4) is 0 Å². The van der Waals surface area contributed by atoms with Gasteiger partial charge in [0.2, 0.25) is 0 Å². The molecule has 0 atom stereocenters. The minimum atomic E-state index is -3.70. The summed E-state index contributed by atoms with van der Waals surface area (Å²) in [5, 5.41) is 3.80. The van der Waals surface area contributed by atoms with Gasteiger partial charge in [-0.15, -0.1) is 0 Å². The van der Waals surface area contributed by atoms with Crippen molar-refractivity contribution in [2.75, 3.05) is 14.2 Å². The fourth-order valence-corrected chi connectivity index (χ4v) is 3.37. The van der Waals surface area contributed by atoms with Crippen LogP contribution in [0.2, 0.25) is 0 Å². The van der Waals surface area contributed by atoms with Crippen molar-refractivity contribution in [2.24, 2.45) is 5.10 Å². The zero-order chi connectivity index (χ0) is 17.7. The summed E-state index contributed by atoms with van der Waals surface area (Å²) in [6, 6.07) is 9.94. The molecule has 0 spiro atoms. The van der Waals surface area contributed by atoms with Crippen molar-refractivity contribution < 1.29 is 17.9 Å². The zero-order valence-corrected chi connectivity index (χ0v) is 15.8. The van der Waals surface area contributed by atoms with Gasteiger partial charge in [0.05, 0.1) is 29.8 Å². The Bertz CT molecular complexity index is 849. The first-order chi connectivity index (χ1) is 11.4. The van der Waals surface area contributed by atoms with E-state index in [4.69, 9.17) is 9.47 Å². The summed E-state index contributed by atoms with van der Waals surface area (Å²) < 4.78 is 35.4. The Kier molecular flexibility index (Phi) is 5.84. The molecule has 0 aliphatic rings. The smallest absolute Gasteiger partial charge is 0.276 e. The van der Waals surface area contributed by atoms with Crippen molar-refractivity contribution in [1.82, 2.24) is 4.83 Å². The predicted octanol–water partition coefficient (Wildman–Crippen LogP) is 3.09. The summed E-state index contributed by atoms with van der Waals surface area (Å²) in [4.78, 5) is 2.33. The first-order valence-electron chi connectivity index (χ1n) is 6.90. The summed E-state index contributed by atoms with van der Waals surface area (Å²) >= 11 is 3.37. The molecule has 2 rings (SSSR count). The quantitative estimate of drug-likeness (QED) is 0.583. The molecule has 24 heavy (non-hydrogen) atoms. The number of ether oxygens (including phenoxy) is 2. The van der Waals surface area contributed by atoms with Gasteiger partial charge >= 0.3 is 0 Å². The number of nitrogens with one attached hydrogen (secondary N) is 1. The molecule has 0 saturated heterocycles. The largest absolute Gasteiger partial charge is 0.493 e. The Morgan fingerprint density at radius 1 is 1.12 bits per heavy atom. The van der Waals surface area contributed by atoms with Crippen LogP contribution in [-0.4, -0.2) is 28.9 Å². The van der Waals surface area contributed by atoms with Crippen molar-refractivity contribution in [3.63, 3.8) is 0 Å². The van der Waals surface area contributed by atoms with Crippen LogP contribution in [0.1, 0.15) is 11.1 Å². The molecule has 2 aromatic rings. The lowest BCUT2D eigenvalue weighted by atomic mass is 10.2. The molecular weight excluding hydrogens is 396 g/mol. The van der Waals surface area contributed by atoms with E-state index in [1.165, 1.54) is 32.6 Å². The number of hydrogen-bond acceptors (Lipinski definition) is 5. The average molecular weight is 413 g/mol. The second-order valence-electron chi connectivity index (χ2n) is 4.90. The third kappa shape index (κ3) is 4.27. The molecule has 0 amide bonds. The molecule has 0 unspecified atom stereocenters. The molecule has 0 aliphatic carbocycles.